The molecule has 0 spiro atoms. The van der Waals surface area contributed by atoms with Gasteiger partial charge in [-0.2, -0.15) is 11.8 Å². The van der Waals surface area contributed by atoms with E-state index in [1.807, 2.05) is 18.8 Å². The van der Waals surface area contributed by atoms with Gasteiger partial charge in [-0.25, -0.2) is 0 Å². The molecule has 4 heteroatoms. The summed E-state index contributed by atoms with van der Waals surface area (Å²) in [6.45, 7) is 0. The zero-order valence-corrected chi connectivity index (χ0v) is 7.23. The van der Waals surface area contributed by atoms with Crippen molar-refractivity contribution in [2.75, 3.05) is 30.1 Å². The molecule has 1 aliphatic rings. The Morgan fingerprint density at radius 2 is 2.00 bits per heavy atom. The highest BCUT2D eigenvalue weighted by molar-refractivity contribution is 8.28. The molecule has 0 amide bonds. The van der Waals surface area contributed by atoms with Crippen LogP contribution in [-0.2, 0) is 0 Å². The first kappa shape index (κ1) is 7.72. The summed E-state index contributed by atoms with van der Waals surface area (Å²) in [6.07, 6.45) is 0. The zero-order valence-electron chi connectivity index (χ0n) is 5.59. The van der Waals surface area contributed by atoms with Gasteiger partial charge in [-0.15, -0.1) is 0 Å². The average molecular weight is 167 g/mol. The third-order valence-corrected chi connectivity index (χ3v) is 5.53. The second-order valence-electron chi connectivity index (χ2n) is 2.07. The summed E-state index contributed by atoms with van der Waals surface area (Å²) < 4.78 is 12.6. The van der Waals surface area contributed by atoms with Crippen molar-refractivity contribution >= 4 is 22.3 Å². The molecule has 0 aromatic rings. The molecule has 0 saturated carbocycles. The van der Waals surface area contributed by atoms with Crippen molar-refractivity contribution < 1.29 is 4.55 Å². The normalized spacial score (nSPS) is 29.6. The number of thioether (sulfide) groups is 1. The van der Waals surface area contributed by atoms with Crippen LogP contribution in [0.3, 0.4) is 0 Å². The summed E-state index contributed by atoms with van der Waals surface area (Å²) in [7, 11) is 0.504. The minimum Gasteiger partial charge on any atom is -0.338 e. The van der Waals surface area contributed by atoms with Crippen molar-refractivity contribution in [2.24, 2.45) is 0 Å². The molecule has 1 fully saturated rings. The number of rotatable bonds is 1. The highest BCUT2D eigenvalue weighted by Gasteiger charge is 2.20. The lowest BCUT2D eigenvalue weighted by Crippen LogP contribution is -2.27. The molecule has 56 valence electrons. The van der Waals surface area contributed by atoms with E-state index in [2.05, 4.69) is 4.72 Å². The maximum Gasteiger partial charge on any atom is 0.0204 e. The molecule has 0 atom stereocenters. The van der Waals surface area contributed by atoms with Crippen LogP contribution in [0.2, 0.25) is 0 Å². The molecule has 1 heterocycles. The minimum absolute atomic E-state index is 0.966. The van der Waals surface area contributed by atoms with Crippen LogP contribution in [0.15, 0.2) is 0 Å². The fraction of sp³-hybridized carbons (Fsp3) is 1.00. The molecule has 1 rings (SSSR count). The van der Waals surface area contributed by atoms with Crippen LogP contribution in [0.1, 0.15) is 0 Å². The van der Waals surface area contributed by atoms with Crippen molar-refractivity contribution in [3.05, 3.63) is 0 Å². The molecule has 2 N–H and O–H groups in total. The van der Waals surface area contributed by atoms with E-state index < -0.39 is 10.5 Å². The molecule has 0 bridgehead atoms. The Balaban J connectivity index is 2.37. The van der Waals surface area contributed by atoms with Crippen molar-refractivity contribution in [1.82, 2.24) is 4.72 Å². The average Bonchev–Trinajstić information content (AvgIpc) is 1.90. The van der Waals surface area contributed by atoms with Crippen molar-refractivity contribution in [1.29, 1.82) is 0 Å². The first-order chi connectivity index (χ1) is 4.27. The molecular formula is C5H13NOS2. The topological polar surface area (TPSA) is 32.3 Å². The van der Waals surface area contributed by atoms with Gasteiger partial charge in [0.15, 0.2) is 0 Å². The first-order valence-corrected chi connectivity index (χ1v) is 6.12. The lowest BCUT2D eigenvalue weighted by molar-refractivity contribution is 0.616. The van der Waals surface area contributed by atoms with Gasteiger partial charge >= 0.3 is 0 Å². The second kappa shape index (κ2) is 3.14. The van der Waals surface area contributed by atoms with E-state index in [1.54, 1.807) is 0 Å². The summed E-state index contributed by atoms with van der Waals surface area (Å²) in [4.78, 5) is 0. The number of nitrogens with one attached hydrogen (secondary N) is 1. The van der Waals surface area contributed by atoms with Crippen LogP contribution in [-0.4, -0.2) is 34.6 Å². The van der Waals surface area contributed by atoms with Crippen molar-refractivity contribution in [2.45, 2.75) is 0 Å². The first-order valence-electron chi connectivity index (χ1n) is 3.04. The van der Waals surface area contributed by atoms with Crippen LogP contribution in [0, 0.1) is 0 Å². The molecule has 9 heavy (non-hydrogen) atoms. The van der Waals surface area contributed by atoms with E-state index in [-0.39, 0.29) is 0 Å². The van der Waals surface area contributed by atoms with Gasteiger partial charge < -0.3 is 4.55 Å². The maximum atomic E-state index is 9.64. The highest BCUT2D eigenvalue weighted by atomic mass is 32.3. The van der Waals surface area contributed by atoms with Gasteiger partial charge in [-0.05, 0) is 7.05 Å². The van der Waals surface area contributed by atoms with Gasteiger partial charge in [0.05, 0.1) is 0 Å². The van der Waals surface area contributed by atoms with Gasteiger partial charge in [-0.1, -0.05) is 10.5 Å². The van der Waals surface area contributed by atoms with Crippen LogP contribution >= 0.6 is 22.3 Å². The van der Waals surface area contributed by atoms with Crippen LogP contribution in [0.25, 0.3) is 0 Å². The molecule has 1 saturated heterocycles. The lowest BCUT2D eigenvalue weighted by Gasteiger charge is -2.36. The molecule has 2 nitrogen and oxygen atoms in total. The van der Waals surface area contributed by atoms with E-state index in [9.17, 15) is 4.55 Å². The van der Waals surface area contributed by atoms with E-state index in [0.29, 0.717) is 0 Å². The van der Waals surface area contributed by atoms with Crippen LogP contribution in [0.5, 0.6) is 0 Å². The van der Waals surface area contributed by atoms with Crippen molar-refractivity contribution in [3.63, 3.8) is 0 Å². The number of hydrogen-bond donors (Lipinski definition) is 2. The van der Waals surface area contributed by atoms with E-state index in [1.165, 1.54) is 0 Å². The van der Waals surface area contributed by atoms with Gasteiger partial charge in [-0.3, -0.25) is 4.72 Å². The Labute approximate surface area is 62.1 Å². The third-order valence-electron chi connectivity index (χ3n) is 1.51. The van der Waals surface area contributed by atoms with E-state index >= 15 is 0 Å². The van der Waals surface area contributed by atoms with Gasteiger partial charge in [0.1, 0.15) is 0 Å². The monoisotopic (exact) mass is 167 g/mol. The van der Waals surface area contributed by atoms with Crippen molar-refractivity contribution in [3.8, 4) is 0 Å². The fourth-order valence-corrected chi connectivity index (χ4v) is 4.77. The summed E-state index contributed by atoms with van der Waals surface area (Å²) in [5.41, 5.74) is 0. The van der Waals surface area contributed by atoms with Crippen LogP contribution < -0.4 is 4.72 Å². The second-order valence-corrected chi connectivity index (χ2v) is 6.20. The third kappa shape index (κ3) is 2.04. The molecule has 1 aliphatic heterocycles. The Hall–Kier alpha value is 0.620. The zero-order chi connectivity index (χ0) is 6.74. The smallest absolute Gasteiger partial charge is 0.0204 e. The summed E-state index contributed by atoms with van der Waals surface area (Å²) in [6, 6.07) is 0. The number of hydrogen-bond acceptors (Lipinski definition) is 3. The summed E-state index contributed by atoms with van der Waals surface area (Å²) in [5, 5.41) is 0. The van der Waals surface area contributed by atoms with Gasteiger partial charge in [0.25, 0.3) is 0 Å². The predicted molar refractivity (Wildman–Crippen MR) is 46.3 cm³/mol. The maximum absolute atomic E-state index is 9.64. The van der Waals surface area contributed by atoms with Gasteiger partial charge in [0.2, 0.25) is 0 Å². The minimum atomic E-state index is -1.35. The Bertz CT molecular complexity index is 93.0. The summed E-state index contributed by atoms with van der Waals surface area (Å²) >= 11 is 1.93. The molecule has 0 aliphatic carbocycles. The highest BCUT2D eigenvalue weighted by Crippen LogP contribution is 2.42. The van der Waals surface area contributed by atoms with E-state index in [4.69, 9.17) is 0 Å². The largest absolute Gasteiger partial charge is 0.338 e. The molecular weight excluding hydrogens is 154 g/mol. The van der Waals surface area contributed by atoms with Gasteiger partial charge in [0, 0.05) is 23.0 Å². The molecule has 0 unspecified atom stereocenters. The Morgan fingerprint density at radius 1 is 1.44 bits per heavy atom. The fourth-order valence-electron chi connectivity index (χ4n) is 0.802. The van der Waals surface area contributed by atoms with E-state index in [0.717, 1.165) is 23.0 Å². The summed E-state index contributed by atoms with van der Waals surface area (Å²) in [5.74, 6) is 4.17. The Kier molecular flexibility index (Phi) is 2.70. The lowest BCUT2D eigenvalue weighted by atomic mass is 10.9. The predicted octanol–water partition coefficient (Wildman–Crippen LogP) is 1.15. The standard InChI is InChI=1S/C5H13NOS2/c1-6-9(7)4-2-8-3-5-9/h6-7H,2-5H2,1H3. The molecule has 0 aromatic carbocycles. The molecule has 0 radical (unpaired) electrons. The SMILES string of the molecule is CNS1(O)CCSCC1. The Morgan fingerprint density at radius 3 is 2.33 bits per heavy atom. The molecule has 0 aromatic heterocycles. The quantitative estimate of drug-likeness (QED) is 0.614. The van der Waals surface area contributed by atoms with Crippen LogP contribution in [0.4, 0.5) is 0 Å².